The molecule has 0 aromatic rings. The van der Waals surface area contributed by atoms with Crippen LogP contribution in [-0.2, 0) is 20.2 Å². The van der Waals surface area contributed by atoms with Crippen molar-refractivity contribution in [3.05, 3.63) is 0 Å². The topological polar surface area (TPSA) is 121 Å². The van der Waals surface area contributed by atoms with Gasteiger partial charge in [-0.3, -0.25) is 9.80 Å². The number of rotatable bonds is 6. The van der Waals surface area contributed by atoms with Crippen LogP contribution in [-0.4, -0.2) is 86.5 Å². The third-order valence-electron chi connectivity index (χ3n) is 2.78. The monoisotopic (exact) mass is 300 g/mol. The molecule has 0 aliphatic carbocycles. The lowest BCUT2D eigenvalue weighted by Crippen LogP contribution is -2.48. The first-order chi connectivity index (χ1) is 8.16. The second-order valence-corrected chi connectivity index (χ2v) is 7.25. The highest BCUT2D eigenvalue weighted by Gasteiger charge is 2.17. The maximum atomic E-state index is 10.5. The quantitative estimate of drug-likeness (QED) is 0.502. The predicted molar refractivity (Wildman–Crippen MR) is 62.0 cm³/mol. The molecule has 18 heavy (non-hydrogen) atoms. The van der Waals surface area contributed by atoms with Crippen molar-refractivity contribution in [1.82, 2.24) is 9.80 Å². The first-order valence-corrected chi connectivity index (χ1v) is 8.63. The fourth-order valence-corrected chi connectivity index (χ4v) is 2.68. The predicted octanol–water partition coefficient (Wildman–Crippen LogP) is -2.31. The first-order valence-electron chi connectivity index (χ1n) is 5.47. The molecule has 0 amide bonds. The summed E-state index contributed by atoms with van der Waals surface area (Å²) in [4.78, 5) is 3.66. The molecule has 1 aliphatic rings. The van der Waals surface area contributed by atoms with Crippen LogP contribution in [0.3, 0.4) is 0 Å². The van der Waals surface area contributed by atoms with Crippen molar-refractivity contribution in [3.8, 4) is 0 Å². The van der Waals surface area contributed by atoms with Crippen molar-refractivity contribution in [1.29, 1.82) is 0 Å². The van der Waals surface area contributed by atoms with Crippen molar-refractivity contribution in [2.75, 3.05) is 50.8 Å². The Morgan fingerprint density at radius 2 is 1.00 bits per heavy atom. The van der Waals surface area contributed by atoms with Gasteiger partial charge >= 0.3 is 0 Å². The molecule has 0 saturated carbocycles. The zero-order chi connectivity index (χ0) is 13.8. The molecule has 0 N–H and O–H groups in total. The van der Waals surface area contributed by atoms with Gasteiger partial charge in [-0.05, 0) is 0 Å². The van der Waals surface area contributed by atoms with E-state index in [-0.39, 0.29) is 13.1 Å². The third kappa shape index (κ3) is 7.24. The Labute approximate surface area is 107 Å². The van der Waals surface area contributed by atoms with Crippen molar-refractivity contribution < 1.29 is 25.9 Å². The lowest BCUT2D eigenvalue weighted by atomic mass is 10.3. The Bertz CT molecular complexity index is 408. The number of piperazine rings is 1. The van der Waals surface area contributed by atoms with E-state index in [9.17, 15) is 25.9 Å². The molecule has 8 nitrogen and oxygen atoms in total. The summed E-state index contributed by atoms with van der Waals surface area (Å²) < 4.78 is 62.7. The van der Waals surface area contributed by atoms with Gasteiger partial charge in [-0.15, -0.1) is 0 Å². The third-order valence-corrected chi connectivity index (χ3v) is 4.15. The summed E-state index contributed by atoms with van der Waals surface area (Å²) in [6.45, 7) is 2.64. The zero-order valence-electron chi connectivity index (χ0n) is 9.82. The molecule has 0 spiro atoms. The van der Waals surface area contributed by atoms with Gasteiger partial charge in [0.15, 0.2) is 0 Å². The van der Waals surface area contributed by atoms with Gasteiger partial charge in [0, 0.05) is 39.3 Å². The molecule has 1 fully saturated rings. The maximum absolute atomic E-state index is 10.5. The normalized spacial score (nSPS) is 20.1. The SMILES string of the molecule is O=S(=O)([O-])CCN1CCN(CCS(=O)(=O)[O-])CC1. The molecule has 0 bridgehead atoms. The Morgan fingerprint density at radius 3 is 1.22 bits per heavy atom. The summed E-state index contributed by atoms with van der Waals surface area (Å²) in [5, 5.41) is 0. The van der Waals surface area contributed by atoms with Crippen LogP contribution in [0, 0.1) is 0 Å². The molecule has 1 saturated heterocycles. The number of hydrogen-bond acceptors (Lipinski definition) is 8. The molecule has 0 unspecified atom stereocenters. The van der Waals surface area contributed by atoms with Crippen molar-refractivity contribution >= 4 is 20.2 Å². The summed E-state index contributed by atoms with van der Waals surface area (Å²) in [7, 11) is -8.39. The molecule has 0 radical (unpaired) electrons. The van der Waals surface area contributed by atoms with E-state index in [4.69, 9.17) is 0 Å². The standard InChI is InChI=1S/C8H18N2O6S2/c11-17(12,13)7-5-9-1-2-10(4-3-9)6-8-18(14,15)16/h1-8H2,(H,11,12,13)(H,14,15,16)/p-2. The Balaban J connectivity index is 2.25. The van der Waals surface area contributed by atoms with E-state index in [1.165, 1.54) is 0 Å². The average molecular weight is 300 g/mol. The minimum Gasteiger partial charge on any atom is -0.748 e. The van der Waals surface area contributed by atoms with Crippen LogP contribution >= 0.6 is 0 Å². The van der Waals surface area contributed by atoms with Gasteiger partial charge < -0.3 is 9.11 Å². The fraction of sp³-hybridized carbons (Fsp3) is 1.00. The molecule has 0 atom stereocenters. The molecule has 1 heterocycles. The molecule has 1 rings (SSSR count). The van der Waals surface area contributed by atoms with E-state index in [1.54, 1.807) is 0 Å². The van der Waals surface area contributed by atoms with Crippen molar-refractivity contribution in [2.45, 2.75) is 0 Å². The summed E-state index contributed by atoms with van der Waals surface area (Å²) in [5.41, 5.74) is 0. The van der Waals surface area contributed by atoms with Gasteiger partial charge in [-0.25, -0.2) is 16.8 Å². The van der Waals surface area contributed by atoms with Crippen LogP contribution in [0.5, 0.6) is 0 Å². The van der Waals surface area contributed by atoms with Crippen LogP contribution in [0.4, 0.5) is 0 Å². The highest BCUT2D eigenvalue weighted by Crippen LogP contribution is 2.02. The summed E-state index contributed by atoms with van der Waals surface area (Å²) in [5.74, 6) is -0.829. The van der Waals surface area contributed by atoms with Gasteiger partial charge in [-0.1, -0.05) is 0 Å². The second kappa shape index (κ2) is 6.26. The minimum atomic E-state index is -4.19. The van der Waals surface area contributed by atoms with Gasteiger partial charge in [0.1, 0.15) is 0 Å². The number of nitrogens with zero attached hydrogens (tertiary/aromatic N) is 2. The maximum Gasteiger partial charge on any atom is 0.0958 e. The summed E-state index contributed by atoms with van der Waals surface area (Å²) in [6.07, 6.45) is 0. The average Bonchev–Trinajstić information content (AvgIpc) is 2.23. The molecular formula is C8H16N2O6S2-2. The minimum absolute atomic E-state index is 0.194. The fourth-order valence-electron chi connectivity index (χ4n) is 1.72. The second-order valence-electron chi connectivity index (χ2n) is 4.21. The molecule has 108 valence electrons. The Morgan fingerprint density at radius 1 is 0.722 bits per heavy atom. The van der Waals surface area contributed by atoms with Gasteiger partial charge in [-0.2, -0.15) is 0 Å². The van der Waals surface area contributed by atoms with Gasteiger partial charge in [0.05, 0.1) is 31.7 Å². The van der Waals surface area contributed by atoms with Gasteiger partial charge in [0.2, 0.25) is 0 Å². The summed E-state index contributed by atoms with van der Waals surface area (Å²) >= 11 is 0. The largest absolute Gasteiger partial charge is 0.748 e. The molecule has 10 heteroatoms. The van der Waals surface area contributed by atoms with Crippen LogP contribution in [0.15, 0.2) is 0 Å². The molecule has 0 aromatic heterocycles. The highest BCUT2D eigenvalue weighted by molar-refractivity contribution is 7.85. The van der Waals surface area contributed by atoms with Crippen LogP contribution in [0.2, 0.25) is 0 Å². The Kier molecular flexibility index (Phi) is 5.49. The number of hydrogen-bond donors (Lipinski definition) is 0. The zero-order valence-corrected chi connectivity index (χ0v) is 11.5. The van der Waals surface area contributed by atoms with Crippen LogP contribution < -0.4 is 0 Å². The van der Waals surface area contributed by atoms with E-state index < -0.39 is 31.7 Å². The first kappa shape index (κ1) is 15.8. The smallest absolute Gasteiger partial charge is 0.0958 e. The highest BCUT2D eigenvalue weighted by atomic mass is 32.2. The molecular weight excluding hydrogens is 284 g/mol. The van der Waals surface area contributed by atoms with E-state index in [2.05, 4.69) is 0 Å². The van der Waals surface area contributed by atoms with E-state index >= 15 is 0 Å². The van der Waals surface area contributed by atoms with Crippen molar-refractivity contribution in [3.63, 3.8) is 0 Å². The summed E-state index contributed by atoms with van der Waals surface area (Å²) in [6, 6.07) is 0. The molecule has 1 aliphatic heterocycles. The van der Waals surface area contributed by atoms with E-state index in [1.807, 2.05) is 9.80 Å². The van der Waals surface area contributed by atoms with Crippen LogP contribution in [0.1, 0.15) is 0 Å². The van der Waals surface area contributed by atoms with Crippen LogP contribution in [0.25, 0.3) is 0 Å². The van der Waals surface area contributed by atoms with Crippen molar-refractivity contribution in [2.24, 2.45) is 0 Å². The van der Waals surface area contributed by atoms with E-state index in [0.29, 0.717) is 26.2 Å². The lowest BCUT2D eigenvalue weighted by molar-refractivity contribution is 0.142. The Hall–Kier alpha value is -0.260. The molecule has 0 aromatic carbocycles. The lowest BCUT2D eigenvalue weighted by Gasteiger charge is -2.34. The van der Waals surface area contributed by atoms with E-state index in [0.717, 1.165) is 0 Å². The van der Waals surface area contributed by atoms with Gasteiger partial charge in [0.25, 0.3) is 0 Å².